The number of β-amino-alcohol motifs (C(OH)–C–C–N with tert-alkyl or cyclic N) is 1. The molecule has 0 spiro atoms. The van der Waals surface area contributed by atoms with Gasteiger partial charge in [0.2, 0.25) is 33.7 Å². The minimum atomic E-state index is -4.75. The average Bonchev–Trinajstić information content (AvgIpc) is 3.95. The molecule has 1 saturated heterocycles. The van der Waals surface area contributed by atoms with Crippen LogP contribution in [0.1, 0.15) is 56.0 Å². The molecule has 72 heavy (non-hydrogen) atoms. The average molecular weight is 1040 g/mol. The van der Waals surface area contributed by atoms with Crippen LogP contribution in [0.15, 0.2) is 84.5 Å². The summed E-state index contributed by atoms with van der Waals surface area (Å²) < 4.78 is 83.5. The van der Waals surface area contributed by atoms with Gasteiger partial charge in [0.1, 0.15) is 35.8 Å². The Balaban J connectivity index is 0.883. The number of aryl methyl sites for hydroxylation is 1. The number of benzene rings is 3. The highest BCUT2D eigenvalue weighted by Gasteiger charge is 2.44. The zero-order chi connectivity index (χ0) is 52.2. The van der Waals surface area contributed by atoms with Crippen molar-refractivity contribution >= 4 is 62.2 Å². The number of alkyl halides is 3. The number of carbonyl (C=O) groups excluding carboxylic acids is 3. The summed E-state index contributed by atoms with van der Waals surface area (Å²) >= 11 is 1.56. The highest BCUT2D eigenvalue weighted by atomic mass is 32.2. The second-order valence-corrected chi connectivity index (χ2v) is 21.0. The molecule has 0 radical (unpaired) electrons. The molecule has 5 aromatic rings. The number of amides is 3. The standard InChI is InChI=1S/C49H60F3N9O9S2/c1-31-42(71-30-56-31)34-12-10-32(11-13-34)26-54-45(64)40-25-37(62)29-61(40)46(65)43(48(2,3)4)58-41(63)18-19-68-20-21-69-22-23-70-38-16-14-35(15-17-38)57-47-55-28-39(49(50,51)52)44(59-47)53-27-33-8-7-9-36(24-33)60(5)72(6,66)67/h7-17,24,28,30,37,40,43,62H,18-23,25-27,29H2,1-6H3,(H,54,64)(H,58,63)(H2,53,55,57,59)/t37-,40+,43?/m1/s1. The number of nitrogens with zero attached hydrogens (tertiary/aromatic N) is 5. The van der Waals surface area contributed by atoms with E-state index in [0.29, 0.717) is 28.9 Å². The van der Waals surface area contributed by atoms with E-state index in [4.69, 9.17) is 14.2 Å². The van der Waals surface area contributed by atoms with Crippen molar-refractivity contribution in [3.05, 3.63) is 107 Å². The summed E-state index contributed by atoms with van der Waals surface area (Å²) in [5.74, 6) is -1.34. The van der Waals surface area contributed by atoms with E-state index in [-0.39, 0.29) is 71.5 Å². The van der Waals surface area contributed by atoms with Crippen LogP contribution in [-0.4, -0.2) is 122 Å². The predicted molar refractivity (Wildman–Crippen MR) is 267 cm³/mol. The molecule has 3 amide bonds. The zero-order valence-corrected chi connectivity index (χ0v) is 42.4. The van der Waals surface area contributed by atoms with E-state index in [1.807, 2.05) is 52.0 Å². The molecule has 1 aliphatic rings. The summed E-state index contributed by atoms with van der Waals surface area (Å²) in [5.41, 5.74) is 4.20. The Kier molecular flexibility index (Phi) is 18.6. The van der Waals surface area contributed by atoms with Crippen LogP contribution in [0.3, 0.4) is 0 Å². The summed E-state index contributed by atoms with van der Waals surface area (Å²) in [6.07, 6.45) is -3.88. The lowest BCUT2D eigenvalue weighted by atomic mass is 9.85. The fourth-order valence-corrected chi connectivity index (χ4v) is 8.81. The first-order valence-corrected chi connectivity index (χ1v) is 25.7. The van der Waals surface area contributed by atoms with E-state index in [9.17, 15) is 41.1 Å². The van der Waals surface area contributed by atoms with Crippen LogP contribution in [0, 0.1) is 12.3 Å². The summed E-state index contributed by atoms with van der Waals surface area (Å²) in [5, 5.41) is 21.9. The molecule has 0 bridgehead atoms. The van der Waals surface area contributed by atoms with Gasteiger partial charge in [-0.05, 0) is 65.4 Å². The van der Waals surface area contributed by atoms with Crippen molar-refractivity contribution in [2.45, 2.75) is 78.0 Å². The fourth-order valence-electron chi connectivity index (χ4n) is 7.51. The van der Waals surface area contributed by atoms with Gasteiger partial charge in [0, 0.05) is 51.4 Å². The van der Waals surface area contributed by atoms with Gasteiger partial charge in [0.15, 0.2) is 0 Å². The van der Waals surface area contributed by atoms with Gasteiger partial charge in [-0.1, -0.05) is 57.2 Å². The van der Waals surface area contributed by atoms with Crippen LogP contribution in [-0.2, 0) is 53.1 Å². The van der Waals surface area contributed by atoms with Crippen LogP contribution in [0.5, 0.6) is 5.75 Å². The molecule has 1 unspecified atom stereocenters. The molecule has 3 atom stereocenters. The number of ether oxygens (including phenoxy) is 3. The number of hydrogen-bond donors (Lipinski definition) is 5. The molecule has 2 aromatic heterocycles. The fraction of sp³-hybridized carbons (Fsp3) is 0.429. The van der Waals surface area contributed by atoms with Crippen molar-refractivity contribution in [3.63, 3.8) is 0 Å². The van der Waals surface area contributed by atoms with Crippen molar-refractivity contribution in [3.8, 4) is 16.2 Å². The monoisotopic (exact) mass is 1040 g/mol. The minimum Gasteiger partial charge on any atom is -0.491 e. The third-order valence-electron chi connectivity index (χ3n) is 11.5. The summed E-state index contributed by atoms with van der Waals surface area (Å²) in [7, 11) is -2.17. The number of aliphatic hydroxyl groups excluding tert-OH is 1. The van der Waals surface area contributed by atoms with Crippen LogP contribution >= 0.6 is 11.3 Å². The van der Waals surface area contributed by atoms with Crippen LogP contribution in [0.25, 0.3) is 10.4 Å². The Hall–Kier alpha value is -6.40. The molecular formula is C49H60F3N9O9S2. The molecule has 23 heteroatoms. The van der Waals surface area contributed by atoms with E-state index in [2.05, 4.69) is 36.2 Å². The van der Waals surface area contributed by atoms with Crippen molar-refractivity contribution in [1.29, 1.82) is 0 Å². The number of anilines is 4. The Morgan fingerprint density at radius 3 is 2.28 bits per heavy atom. The number of likely N-dealkylation sites (tertiary alicyclic amines) is 1. The number of thiazole rings is 1. The normalized spacial score (nSPS) is 15.4. The molecule has 1 aliphatic heterocycles. The van der Waals surface area contributed by atoms with Crippen LogP contribution < -0.4 is 30.3 Å². The van der Waals surface area contributed by atoms with Crippen LogP contribution in [0.4, 0.5) is 36.3 Å². The highest BCUT2D eigenvalue weighted by Crippen LogP contribution is 2.35. The molecule has 1 fully saturated rings. The topological polar surface area (TPSA) is 227 Å². The molecular weight excluding hydrogens is 980 g/mol. The van der Waals surface area contributed by atoms with Crippen molar-refractivity contribution in [2.75, 3.05) is 67.8 Å². The SMILES string of the molecule is Cc1ncsc1-c1ccc(CNC(=O)[C@@H]2C[C@@H](O)CN2C(=O)C(NC(=O)CCOCCOCCOc2ccc(Nc3ncc(C(F)(F)F)c(NCc4cccc(N(C)S(C)(=O)=O)c4)n3)cc2)C(C)(C)C)cc1. The Labute approximate surface area is 420 Å². The maximum atomic E-state index is 14.0. The quantitative estimate of drug-likeness (QED) is 0.0454. The molecule has 0 aliphatic carbocycles. The summed E-state index contributed by atoms with van der Waals surface area (Å²) in [4.78, 5) is 55.1. The molecule has 3 aromatic carbocycles. The predicted octanol–water partition coefficient (Wildman–Crippen LogP) is 6.29. The van der Waals surface area contributed by atoms with Crippen molar-refractivity contribution in [1.82, 2.24) is 30.5 Å². The lowest BCUT2D eigenvalue weighted by Gasteiger charge is -2.35. The maximum absolute atomic E-state index is 14.0. The number of halogens is 3. The molecule has 18 nitrogen and oxygen atoms in total. The van der Waals surface area contributed by atoms with E-state index in [1.165, 1.54) is 11.9 Å². The summed E-state index contributed by atoms with van der Waals surface area (Å²) in [6, 6.07) is 18.8. The molecule has 5 N–H and O–H groups in total. The first kappa shape index (κ1) is 54.9. The number of aliphatic hydroxyl groups is 1. The molecule has 6 rings (SSSR count). The lowest BCUT2D eigenvalue weighted by molar-refractivity contribution is -0.144. The zero-order valence-electron chi connectivity index (χ0n) is 40.8. The first-order valence-electron chi connectivity index (χ1n) is 23.0. The third kappa shape index (κ3) is 15.6. The third-order valence-corrected chi connectivity index (χ3v) is 13.7. The number of hydrogen-bond acceptors (Lipinski definition) is 15. The van der Waals surface area contributed by atoms with E-state index in [0.717, 1.165) is 32.3 Å². The maximum Gasteiger partial charge on any atom is 0.421 e. The van der Waals surface area contributed by atoms with Crippen molar-refractivity contribution in [2.24, 2.45) is 5.41 Å². The van der Waals surface area contributed by atoms with Gasteiger partial charge < -0.3 is 45.5 Å². The van der Waals surface area contributed by atoms with Crippen molar-refractivity contribution < 1.29 is 55.3 Å². The number of nitrogens with one attached hydrogen (secondary N) is 4. The first-order chi connectivity index (χ1) is 34.1. The largest absolute Gasteiger partial charge is 0.491 e. The second kappa shape index (κ2) is 24.3. The molecule has 0 saturated carbocycles. The lowest BCUT2D eigenvalue weighted by Crippen LogP contribution is -2.57. The van der Waals surface area contributed by atoms with Gasteiger partial charge in [0.05, 0.1) is 60.6 Å². The van der Waals surface area contributed by atoms with Gasteiger partial charge >= 0.3 is 6.18 Å². The Morgan fingerprint density at radius 1 is 0.931 bits per heavy atom. The second-order valence-electron chi connectivity index (χ2n) is 18.1. The number of sulfonamides is 1. The van der Waals surface area contributed by atoms with Gasteiger partial charge in [-0.25, -0.2) is 18.4 Å². The van der Waals surface area contributed by atoms with Gasteiger partial charge in [0.25, 0.3) is 0 Å². The summed E-state index contributed by atoms with van der Waals surface area (Å²) in [6.45, 7) is 8.38. The van der Waals surface area contributed by atoms with Gasteiger partial charge in [-0.15, -0.1) is 11.3 Å². The van der Waals surface area contributed by atoms with Crippen LogP contribution in [0.2, 0.25) is 0 Å². The van der Waals surface area contributed by atoms with E-state index in [1.54, 1.807) is 65.4 Å². The number of carbonyl (C=O) groups is 3. The smallest absolute Gasteiger partial charge is 0.421 e. The minimum absolute atomic E-state index is 0.0334. The Bertz CT molecular complexity index is 2740. The van der Waals surface area contributed by atoms with E-state index >= 15 is 0 Å². The highest BCUT2D eigenvalue weighted by molar-refractivity contribution is 7.92. The number of rotatable bonds is 23. The van der Waals surface area contributed by atoms with Gasteiger partial charge in [-0.3, -0.25) is 18.7 Å². The molecule has 388 valence electrons. The molecule has 3 heterocycles. The van der Waals surface area contributed by atoms with Gasteiger partial charge in [-0.2, -0.15) is 18.2 Å². The van der Waals surface area contributed by atoms with E-state index < -0.39 is 68.9 Å². The number of aromatic nitrogens is 3. The Morgan fingerprint density at radius 2 is 1.62 bits per heavy atom.